The van der Waals surface area contributed by atoms with Crippen molar-refractivity contribution in [3.05, 3.63) is 30.1 Å². The molecule has 0 unspecified atom stereocenters. The van der Waals surface area contributed by atoms with Gasteiger partial charge in [-0.05, 0) is 25.0 Å². The minimum Gasteiger partial charge on any atom is -0.411 e. The van der Waals surface area contributed by atoms with E-state index in [4.69, 9.17) is 4.42 Å². The lowest BCUT2D eigenvalue weighted by Gasteiger charge is -2.15. The van der Waals surface area contributed by atoms with Crippen LogP contribution in [0.15, 0.2) is 33.9 Å². The number of hydrogen-bond acceptors (Lipinski definition) is 5. The van der Waals surface area contributed by atoms with Crippen LogP contribution >= 0.6 is 11.8 Å². The summed E-state index contributed by atoms with van der Waals surface area (Å²) in [4.78, 5) is 12.0. The summed E-state index contributed by atoms with van der Waals surface area (Å²) < 4.78 is 19.1. The van der Waals surface area contributed by atoms with E-state index in [-0.39, 0.29) is 34.4 Å². The van der Waals surface area contributed by atoms with Crippen LogP contribution in [-0.4, -0.2) is 27.9 Å². The van der Waals surface area contributed by atoms with Crippen LogP contribution in [0.4, 0.5) is 4.39 Å². The fraction of sp³-hybridized carbons (Fsp3) is 0.471. The number of halogens is 1. The summed E-state index contributed by atoms with van der Waals surface area (Å²) in [5.41, 5.74) is 0.264. The Morgan fingerprint density at radius 2 is 1.96 bits per heavy atom. The van der Waals surface area contributed by atoms with Crippen LogP contribution in [0.5, 0.6) is 0 Å². The van der Waals surface area contributed by atoms with E-state index in [1.165, 1.54) is 43.5 Å². The summed E-state index contributed by atoms with van der Waals surface area (Å²) in [6, 6.07) is 6.50. The van der Waals surface area contributed by atoms with Crippen molar-refractivity contribution in [1.82, 2.24) is 15.5 Å². The first kappa shape index (κ1) is 17.0. The van der Waals surface area contributed by atoms with Crippen molar-refractivity contribution in [2.45, 2.75) is 49.8 Å². The van der Waals surface area contributed by atoms with Gasteiger partial charge in [0.15, 0.2) is 0 Å². The van der Waals surface area contributed by atoms with Crippen LogP contribution in [0, 0.1) is 5.82 Å². The largest absolute Gasteiger partial charge is 0.411 e. The molecule has 1 aliphatic rings. The summed E-state index contributed by atoms with van der Waals surface area (Å²) in [6.45, 7) is 0. The van der Waals surface area contributed by atoms with Gasteiger partial charge in [0.25, 0.3) is 11.1 Å². The molecule has 1 saturated carbocycles. The Kier molecular flexibility index (Phi) is 5.85. The van der Waals surface area contributed by atoms with Gasteiger partial charge in [-0.2, -0.15) is 0 Å². The first-order chi connectivity index (χ1) is 11.7. The van der Waals surface area contributed by atoms with Gasteiger partial charge in [-0.15, -0.1) is 10.2 Å². The van der Waals surface area contributed by atoms with Crippen LogP contribution in [0.2, 0.25) is 0 Å². The quantitative estimate of drug-likeness (QED) is 0.657. The normalized spacial score (nSPS) is 15.9. The molecule has 5 nitrogen and oxygen atoms in total. The van der Waals surface area contributed by atoms with Crippen LogP contribution in [0.25, 0.3) is 11.5 Å². The van der Waals surface area contributed by atoms with Gasteiger partial charge in [-0.3, -0.25) is 4.79 Å². The van der Waals surface area contributed by atoms with Crippen LogP contribution in [0.1, 0.15) is 38.5 Å². The van der Waals surface area contributed by atoms with Crippen molar-refractivity contribution >= 4 is 17.7 Å². The van der Waals surface area contributed by atoms with Gasteiger partial charge in [0.05, 0.1) is 11.3 Å². The van der Waals surface area contributed by atoms with Gasteiger partial charge in [0, 0.05) is 6.04 Å². The van der Waals surface area contributed by atoms with Crippen LogP contribution in [-0.2, 0) is 4.79 Å². The van der Waals surface area contributed by atoms with E-state index in [9.17, 15) is 9.18 Å². The Bertz CT molecular complexity index is 684. The van der Waals surface area contributed by atoms with Gasteiger partial charge in [0.1, 0.15) is 5.82 Å². The molecule has 1 N–H and O–H groups in total. The standard InChI is InChI=1S/C17H20FN3O2S/c18-14-10-6-5-9-13(14)16-20-21-17(23-16)24-11-15(22)19-12-7-3-1-2-4-8-12/h5-6,9-10,12H,1-4,7-8,11H2,(H,19,22). The maximum absolute atomic E-state index is 13.7. The molecule has 1 aromatic carbocycles. The third-order valence-corrected chi connectivity index (χ3v) is 4.88. The Morgan fingerprint density at radius 1 is 1.21 bits per heavy atom. The molecule has 0 spiro atoms. The first-order valence-electron chi connectivity index (χ1n) is 8.23. The summed E-state index contributed by atoms with van der Waals surface area (Å²) in [5, 5.41) is 11.0. The molecule has 3 rings (SSSR count). The first-order valence-corrected chi connectivity index (χ1v) is 9.21. The molecule has 0 saturated heterocycles. The van der Waals surface area contributed by atoms with E-state index in [0.717, 1.165) is 12.8 Å². The zero-order chi connectivity index (χ0) is 16.8. The van der Waals surface area contributed by atoms with E-state index in [0.29, 0.717) is 0 Å². The fourth-order valence-corrected chi connectivity index (χ4v) is 3.41. The molecule has 1 fully saturated rings. The number of amides is 1. The van der Waals surface area contributed by atoms with Gasteiger partial charge in [0.2, 0.25) is 5.91 Å². The lowest BCUT2D eigenvalue weighted by atomic mass is 10.1. The third-order valence-electron chi connectivity index (χ3n) is 4.06. The number of nitrogens with one attached hydrogen (secondary N) is 1. The number of rotatable bonds is 5. The molecule has 0 bridgehead atoms. The number of benzene rings is 1. The average molecular weight is 349 g/mol. The monoisotopic (exact) mass is 349 g/mol. The molecule has 1 amide bonds. The molecule has 1 heterocycles. The predicted octanol–water partition coefficient (Wildman–Crippen LogP) is 3.81. The highest BCUT2D eigenvalue weighted by Gasteiger charge is 2.17. The molecule has 7 heteroatoms. The zero-order valence-electron chi connectivity index (χ0n) is 13.3. The molecular formula is C17H20FN3O2S. The van der Waals surface area contributed by atoms with Gasteiger partial charge < -0.3 is 9.73 Å². The second-order valence-electron chi connectivity index (χ2n) is 5.90. The van der Waals surface area contributed by atoms with E-state index in [2.05, 4.69) is 15.5 Å². The second-order valence-corrected chi connectivity index (χ2v) is 6.82. The SMILES string of the molecule is O=C(CSc1nnc(-c2ccccc2F)o1)NC1CCCCCC1. The summed E-state index contributed by atoms with van der Waals surface area (Å²) in [7, 11) is 0. The smallest absolute Gasteiger partial charge is 0.277 e. The highest BCUT2D eigenvalue weighted by molar-refractivity contribution is 7.99. The van der Waals surface area contributed by atoms with Crippen molar-refractivity contribution < 1.29 is 13.6 Å². The maximum Gasteiger partial charge on any atom is 0.277 e. The Labute approximate surface area is 144 Å². The number of thioether (sulfide) groups is 1. The minimum absolute atomic E-state index is 0.0301. The van der Waals surface area contributed by atoms with E-state index < -0.39 is 5.82 Å². The van der Waals surface area contributed by atoms with Crippen molar-refractivity contribution in [2.24, 2.45) is 0 Å². The lowest BCUT2D eigenvalue weighted by molar-refractivity contribution is -0.119. The lowest BCUT2D eigenvalue weighted by Crippen LogP contribution is -2.35. The van der Waals surface area contributed by atoms with Gasteiger partial charge in [-0.1, -0.05) is 49.6 Å². The van der Waals surface area contributed by atoms with Crippen molar-refractivity contribution in [3.63, 3.8) is 0 Å². The molecule has 0 aliphatic heterocycles. The second kappa shape index (κ2) is 8.28. The third kappa shape index (κ3) is 4.56. The highest BCUT2D eigenvalue weighted by atomic mass is 32.2. The minimum atomic E-state index is -0.413. The molecule has 1 aliphatic carbocycles. The van der Waals surface area contributed by atoms with Crippen molar-refractivity contribution in [1.29, 1.82) is 0 Å². The van der Waals surface area contributed by atoms with Gasteiger partial charge >= 0.3 is 0 Å². The highest BCUT2D eigenvalue weighted by Crippen LogP contribution is 2.25. The number of carbonyl (C=O) groups excluding carboxylic acids is 1. The van der Waals surface area contributed by atoms with E-state index in [1.807, 2.05) is 0 Å². The summed E-state index contributed by atoms with van der Waals surface area (Å²) in [6.07, 6.45) is 6.95. The van der Waals surface area contributed by atoms with Crippen LogP contribution in [0.3, 0.4) is 0 Å². The molecule has 2 aromatic rings. The molecule has 24 heavy (non-hydrogen) atoms. The molecule has 0 radical (unpaired) electrons. The van der Waals surface area contributed by atoms with Crippen molar-refractivity contribution in [2.75, 3.05) is 5.75 Å². The zero-order valence-corrected chi connectivity index (χ0v) is 14.2. The predicted molar refractivity (Wildman–Crippen MR) is 90.0 cm³/mol. The number of nitrogens with zero attached hydrogens (tertiary/aromatic N) is 2. The molecule has 0 atom stereocenters. The van der Waals surface area contributed by atoms with Crippen LogP contribution < -0.4 is 5.32 Å². The fourth-order valence-electron chi connectivity index (χ4n) is 2.83. The van der Waals surface area contributed by atoms with Gasteiger partial charge in [-0.25, -0.2) is 4.39 Å². The maximum atomic E-state index is 13.7. The Balaban J connectivity index is 1.52. The van der Waals surface area contributed by atoms with E-state index >= 15 is 0 Å². The van der Waals surface area contributed by atoms with E-state index in [1.54, 1.807) is 18.2 Å². The summed E-state index contributed by atoms with van der Waals surface area (Å²) >= 11 is 1.17. The molecular weight excluding hydrogens is 329 g/mol. The molecule has 1 aromatic heterocycles. The number of hydrogen-bond donors (Lipinski definition) is 1. The summed E-state index contributed by atoms with van der Waals surface area (Å²) in [5.74, 6) is -0.101. The number of aromatic nitrogens is 2. The van der Waals surface area contributed by atoms with Crippen molar-refractivity contribution in [3.8, 4) is 11.5 Å². The molecule has 128 valence electrons. The average Bonchev–Trinajstić information content (AvgIpc) is 2.90. The topological polar surface area (TPSA) is 68.0 Å². The Hall–Kier alpha value is -1.89. The Morgan fingerprint density at radius 3 is 2.71 bits per heavy atom. The number of carbonyl (C=O) groups is 1.